The zero-order valence-corrected chi connectivity index (χ0v) is 13.0. The fraction of sp³-hybridized carbons (Fsp3) is 0.250. The third kappa shape index (κ3) is 4.85. The summed E-state index contributed by atoms with van der Waals surface area (Å²) in [6, 6.07) is 13.1. The molecule has 0 aliphatic rings. The van der Waals surface area contributed by atoms with Crippen molar-refractivity contribution in [2.75, 3.05) is 13.1 Å². The second-order valence-corrected chi connectivity index (χ2v) is 5.54. The van der Waals surface area contributed by atoms with Gasteiger partial charge in [0.05, 0.1) is 25.4 Å². The number of halogens is 1. The zero-order valence-electron chi connectivity index (χ0n) is 11.5. The lowest BCUT2D eigenvalue weighted by molar-refractivity contribution is 0.0922. The van der Waals surface area contributed by atoms with Gasteiger partial charge in [-0.1, -0.05) is 28.1 Å². The van der Waals surface area contributed by atoms with Gasteiger partial charge in [0, 0.05) is 23.0 Å². The Morgan fingerprint density at radius 1 is 1.29 bits per heavy atom. The van der Waals surface area contributed by atoms with Crippen LogP contribution in [-0.4, -0.2) is 23.8 Å². The van der Waals surface area contributed by atoms with E-state index in [1.54, 1.807) is 18.4 Å². The first-order valence-electron chi connectivity index (χ1n) is 6.59. The summed E-state index contributed by atoms with van der Waals surface area (Å²) in [4.78, 5) is 14.2. The van der Waals surface area contributed by atoms with Crippen molar-refractivity contribution in [1.82, 2.24) is 4.90 Å². The fourth-order valence-electron chi connectivity index (χ4n) is 1.98. The maximum absolute atomic E-state index is 12.3. The van der Waals surface area contributed by atoms with E-state index < -0.39 is 0 Å². The molecule has 0 spiro atoms. The summed E-state index contributed by atoms with van der Waals surface area (Å²) in [6.45, 7) is 1.33. The van der Waals surface area contributed by atoms with Crippen LogP contribution in [0.1, 0.15) is 22.5 Å². The van der Waals surface area contributed by atoms with Gasteiger partial charge < -0.3 is 4.42 Å². The lowest BCUT2D eigenvalue weighted by Crippen LogP contribution is -2.30. The molecule has 1 aromatic carbocycles. The van der Waals surface area contributed by atoms with Crippen LogP contribution < -0.4 is 0 Å². The molecular formula is C16H15BrN2O2. The highest BCUT2D eigenvalue weighted by Crippen LogP contribution is 2.12. The molecule has 0 aliphatic heterocycles. The van der Waals surface area contributed by atoms with Crippen LogP contribution in [-0.2, 0) is 6.54 Å². The third-order valence-corrected chi connectivity index (χ3v) is 3.56. The number of furan rings is 1. The highest BCUT2D eigenvalue weighted by molar-refractivity contribution is 9.10. The second kappa shape index (κ2) is 7.77. The molecule has 0 unspecified atom stereocenters. The van der Waals surface area contributed by atoms with Crippen molar-refractivity contribution in [3.05, 3.63) is 58.5 Å². The number of benzene rings is 1. The van der Waals surface area contributed by atoms with Crippen molar-refractivity contribution in [3.8, 4) is 6.07 Å². The van der Waals surface area contributed by atoms with E-state index in [0.717, 1.165) is 10.2 Å². The van der Waals surface area contributed by atoms with Crippen LogP contribution in [0.15, 0.2) is 51.6 Å². The minimum absolute atomic E-state index is 0.0343. The van der Waals surface area contributed by atoms with Crippen LogP contribution in [0.2, 0.25) is 0 Å². The molecule has 0 N–H and O–H groups in total. The fourth-order valence-corrected chi connectivity index (χ4v) is 2.24. The number of nitrogens with zero attached hydrogens (tertiary/aromatic N) is 2. The molecule has 0 radical (unpaired) electrons. The van der Waals surface area contributed by atoms with Crippen LogP contribution in [0.4, 0.5) is 0 Å². The summed E-state index contributed by atoms with van der Waals surface area (Å²) in [7, 11) is 0. The number of hydrogen-bond donors (Lipinski definition) is 0. The van der Waals surface area contributed by atoms with Crippen LogP contribution in [0.25, 0.3) is 0 Å². The zero-order chi connectivity index (χ0) is 15.1. The standard InChI is InChI=1S/C16H15BrN2O2/c17-14-6-4-13(5-7-14)16(20)12-19(9-2-8-18)11-15-3-1-10-21-15/h1,3-7,10H,2,9,11-12H2. The molecule has 2 aromatic rings. The van der Waals surface area contributed by atoms with Gasteiger partial charge in [-0.3, -0.25) is 9.69 Å². The average Bonchev–Trinajstić information content (AvgIpc) is 2.98. The highest BCUT2D eigenvalue weighted by Gasteiger charge is 2.14. The number of carbonyl (C=O) groups excluding carboxylic acids is 1. The Hall–Kier alpha value is -1.90. The maximum Gasteiger partial charge on any atom is 0.176 e. The van der Waals surface area contributed by atoms with Gasteiger partial charge in [0.15, 0.2) is 5.78 Å². The van der Waals surface area contributed by atoms with Gasteiger partial charge in [0.25, 0.3) is 0 Å². The number of nitriles is 1. The van der Waals surface area contributed by atoms with Gasteiger partial charge in [-0.05, 0) is 24.3 Å². The predicted molar refractivity (Wildman–Crippen MR) is 82.7 cm³/mol. The molecule has 0 aliphatic carbocycles. The quantitative estimate of drug-likeness (QED) is 0.718. The molecule has 0 saturated heterocycles. The molecular weight excluding hydrogens is 332 g/mol. The summed E-state index contributed by atoms with van der Waals surface area (Å²) in [6.07, 6.45) is 1.99. The topological polar surface area (TPSA) is 57.2 Å². The van der Waals surface area contributed by atoms with Crippen LogP contribution in [0.5, 0.6) is 0 Å². The molecule has 21 heavy (non-hydrogen) atoms. The normalized spacial score (nSPS) is 10.5. The molecule has 5 heteroatoms. The van der Waals surface area contributed by atoms with Gasteiger partial charge in [0.2, 0.25) is 0 Å². The van der Waals surface area contributed by atoms with Gasteiger partial charge in [-0.15, -0.1) is 0 Å². The summed E-state index contributed by atoms with van der Waals surface area (Å²) in [5.74, 6) is 0.823. The second-order valence-electron chi connectivity index (χ2n) is 4.63. The van der Waals surface area contributed by atoms with Crippen molar-refractivity contribution < 1.29 is 9.21 Å². The lowest BCUT2D eigenvalue weighted by atomic mass is 10.1. The number of carbonyl (C=O) groups is 1. The minimum atomic E-state index is 0.0343. The lowest BCUT2D eigenvalue weighted by Gasteiger charge is -2.19. The number of rotatable bonds is 7. The first-order chi connectivity index (χ1) is 10.2. The molecule has 0 amide bonds. The Balaban J connectivity index is 2.01. The summed E-state index contributed by atoms with van der Waals surface area (Å²) in [5, 5.41) is 8.73. The Morgan fingerprint density at radius 3 is 2.67 bits per heavy atom. The first-order valence-corrected chi connectivity index (χ1v) is 7.39. The Kier molecular flexibility index (Phi) is 5.73. The van der Waals surface area contributed by atoms with Crippen LogP contribution >= 0.6 is 15.9 Å². The van der Waals surface area contributed by atoms with Crippen molar-refractivity contribution in [2.45, 2.75) is 13.0 Å². The van der Waals surface area contributed by atoms with Gasteiger partial charge in [0.1, 0.15) is 5.76 Å². The van der Waals surface area contributed by atoms with Gasteiger partial charge in [-0.25, -0.2) is 0 Å². The molecule has 1 aromatic heterocycles. The maximum atomic E-state index is 12.3. The van der Waals surface area contributed by atoms with E-state index in [0.29, 0.717) is 25.1 Å². The van der Waals surface area contributed by atoms with E-state index in [1.807, 2.05) is 29.2 Å². The predicted octanol–water partition coefficient (Wildman–Crippen LogP) is 3.64. The van der Waals surface area contributed by atoms with Gasteiger partial charge in [-0.2, -0.15) is 5.26 Å². The van der Waals surface area contributed by atoms with E-state index in [1.165, 1.54) is 0 Å². The van der Waals surface area contributed by atoms with Gasteiger partial charge >= 0.3 is 0 Å². The van der Waals surface area contributed by atoms with E-state index in [4.69, 9.17) is 9.68 Å². The minimum Gasteiger partial charge on any atom is -0.468 e. The average molecular weight is 347 g/mol. The smallest absolute Gasteiger partial charge is 0.176 e. The van der Waals surface area contributed by atoms with E-state index in [9.17, 15) is 4.79 Å². The van der Waals surface area contributed by atoms with Crippen molar-refractivity contribution in [3.63, 3.8) is 0 Å². The summed E-state index contributed by atoms with van der Waals surface area (Å²) in [5.41, 5.74) is 0.666. The van der Waals surface area contributed by atoms with Crippen LogP contribution in [0, 0.1) is 11.3 Å². The summed E-state index contributed by atoms with van der Waals surface area (Å²) >= 11 is 3.35. The number of ketones is 1. The van der Waals surface area contributed by atoms with E-state index >= 15 is 0 Å². The Bertz CT molecular complexity index is 615. The third-order valence-electron chi connectivity index (χ3n) is 3.03. The largest absolute Gasteiger partial charge is 0.468 e. The highest BCUT2D eigenvalue weighted by atomic mass is 79.9. The van der Waals surface area contributed by atoms with Crippen molar-refractivity contribution in [2.24, 2.45) is 0 Å². The van der Waals surface area contributed by atoms with Crippen molar-refractivity contribution in [1.29, 1.82) is 5.26 Å². The molecule has 4 nitrogen and oxygen atoms in total. The van der Waals surface area contributed by atoms with E-state index in [-0.39, 0.29) is 12.3 Å². The Labute approximate surface area is 132 Å². The molecule has 108 valence electrons. The molecule has 0 bridgehead atoms. The van der Waals surface area contributed by atoms with Crippen LogP contribution in [0.3, 0.4) is 0 Å². The first kappa shape index (κ1) is 15.5. The number of Topliss-reactive ketones (excluding diaryl/α,β-unsaturated/α-hetero) is 1. The SMILES string of the molecule is N#CCCN(CC(=O)c1ccc(Br)cc1)Cc1ccco1. The molecule has 0 fully saturated rings. The summed E-state index contributed by atoms with van der Waals surface area (Å²) < 4.78 is 6.25. The molecule has 1 heterocycles. The molecule has 0 saturated carbocycles. The van der Waals surface area contributed by atoms with E-state index in [2.05, 4.69) is 22.0 Å². The van der Waals surface area contributed by atoms with Crippen molar-refractivity contribution >= 4 is 21.7 Å². The Morgan fingerprint density at radius 2 is 2.05 bits per heavy atom. The molecule has 0 atom stereocenters. The number of hydrogen-bond acceptors (Lipinski definition) is 4. The monoisotopic (exact) mass is 346 g/mol. The molecule has 2 rings (SSSR count).